The quantitative estimate of drug-likeness (QED) is 0.737. The van der Waals surface area contributed by atoms with Crippen LogP contribution in [0.15, 0.2) is 0 Å². The summed E-state index contributed by atoms with van der Waals surface area (Å²) in [6.45, 7) is 7.55. The molecule has 0 unspecified atom stereocenters. The second-order valence-electron chi connectivity index (χ2n) is 8.15. The Hall–Kier alpha value is -0.610. The van der Waals surface area contributed by atoms with E-state index in [1.165, 1.54) is 19.3 Å². The smallest absolute Gasteiger partial charge is 0.226 e. The number of amides is 1. The largest absolute Gasteiger partial charge is 0.393 e. The third-order valence-corrected chi connectivity index (χ3v) is 6.05. The summed E-state index contributed by atoms with van der Waals surface area (Å²) in [4.78, 5) is 12.5. The average molecular weight is 325 g/mol. The van der Waals surface area contributed by atoms with Crippen LogP contribution < -0.4 is 5.32 Å². The SMILES string of the molecule is C[C@H]1CCCC[C@@H]1OCCNC(=O)C(C)(C)C1CCC(O)CC1. The zero-order chi connectivity index (χ0) is 16.9. The summed E-state index contributed by atoms with van der Waals surface area (Å²) in [5.74, 6) is 1.13. The number of carbonyl (C=O) groups is 1. The third-order valence-electron chi connectivity index (χ3n) is 6.05. The number of nitrogens with one attached hydrogen (secondary N) is 1. The lowest BCUT2D eigenvalue weighted by molar-refractivity contribution is -0.133. The van der Waals surface area contributed by atoms with E-state index in [2.05, 4.69) is 12.2 Å². The number of hydrogen-bond acceptors (Lipinski definition) is 3. The number of aliphatic hydroxyl groups excluding tert-OH is 1. The Kier molecular flexibility index (Phi) is 6.90. The van der Waals surface area contributed by atoms with E-state index in [0.717, 1.165) is 32.1 Å². The molecule has 0 aromatic heterocycles. The minimum absolute atomic E-state index is 0.124. The van der Waals surface area contributed by atoms with E-state index in [1.807, 2.05) is 13.8 Å². The average Bonchev–Trinajstić information content (AvgIpc) is 2.53. The maximum absolute atomic E-state index is 12.5. The summed E-state index contributed by atoms with van der Waals surface area (Å²) in [5.41, 5.74) is -0.363. The molecule has 0 bridgehead atoms. The molecule has 0 aromatic carbocycles. The first kappa shape index (κ1) is 18.7. The normalized spacial score (nSPS) is 32.5. The van der Waals surface area contributed by atoms with E-state index in [1.54, 1.807) is 0 Å². The highest BCUT2D eigenvalue weighted by Crippen LogP contribution is 2.38. The van der Waals surface area contributed by atoms with Crippen molar-refractivity contribution in [2.45, 2.75) is 84.3 Å². The summed E-state index contributed by atoms with van der Waals surface area (Å²) < 4.78 is 5.97. The summed E-state index contributed by atoms with van der Waals surface area (Å²) in [5, 5.41) is 12.7. The topological polar surface area (TPSA) is 58.6 Å². The second-order valence-corrected chi connectivity index (χ2v) is 8.15. The van der Waals surface area contributed by atoms with Crippen molar-refractivity contribution in [2.24, 2.45) is 17.3 Å². The molecule has 0 heterocycles. The molecule has 2 aliphatic rings. The first-order valence-corrected chi connectivity index (χ1v) is 9.49. The maximum atomic E-state index is 12.5. The van der Waals surface area contributed by atoms with Gasteiger partial charge in [0, 0.05) is 12.0 Å². The molecular weight excluding hydrogens is 290 g/mol. The lowest BCUT2D eigenvalue weighted by Crippen LogP contribution is -2.44. The van der Waals surface area contributed by atoms with Crippen LogP contribution in [0.25, 0.3) is 0 Å². The Morgan fingerprint density at radius 2 is 1.78 bits per heavy atom. The van der Waals surface area contributed by atoms with E-state index >= 15 is 0 Å². The zero-order valence-corrected chi connectivity index (χ0v) is 15.1. The highest BCUT2D eigenvalue weighted by atomic mass is 16.5. The molecule has 0 saturated heterocycles. The van der Waals surface area contributed by atoms with Gasteiger partial charge in [-0.2, -0.15) is 0 Å². The van der Waals surface area contributed by atoms with Gasteiger partial charge in [-0.15, -0.1) is 0 Å². The van der Waals surface area contributed by atoms with E-state index in [0.29, 0.717) is 31.1 Å². The van der Waals surface area contributed by atoms with Crippen molar-refractivity contribution in [1.82, 2.24) is 5.32 Å². The molecular formula is C19H35NO3. The fourth-order valence-corrected chi connectivity index (χ4v) is 4.12. The molecule has 4 nitrogen and oxygen atoms in total. The number of carbonyl (C=O) groups excluding carboxylic acids is 1. The van der Waals surface area contributed by atoms with Crippen LogP contribution in [-0.2, 0) is 9.53 Å². The van der Waals surface area contributed by atoms with Crippen molar-refractivity contribution in [2.75, 3.05) is 13.2 Å². The summed E-state index contributed by atoms with van der Waals surface area (Å²) in [6, 6.07) is 0. The van der Waals surface area contributed by atoms with Crippen molar-refractivity contribution in [3.05, 3.63) is 0 Å². The van der Waals surface area contributed by atoms with Crippen LogP contribution in [0.2, 0.25) is 0 Å². The summed E-state index contributed by atoms with van der Waals surface area (Å²) in [7, 11) is 0. The second kappa shape index (κ2) is 8.48. The van der Waals surface area contributed by atoms with Gasteiger partial charge in [0.1, 0.15) is 0 Å². The minimum Gasteiger partial charge on any atom is -0.393 e. The Morgan fingerprint density at radius 3 is 2.43 bits per heavy atom. The molecule has 4 heteroatoms. The van der Waals surface area contributed by atoms with Crippen LogP contribution >= 0.6 is 0 Å². The summed E-state index contributed by atoms with van der Waals surface area (Å²) >= 11 is 0. The van der Waals surface area contributed by atoms with Gasteiger partial charge in [-0.05, 0) is 50.4 Å². The molecule has 2 fully saturated rings. The maximum Gasteiger partial charge on any atom is 0.226 e. The molecule has 2 rings (SSSR count). The predicted molar refractivity (Wildman–Crippen MR) is 92.1 cm³/mol. The molecule has 0 radical (unpaired) electrons. The van der Waals surface area contributed by atoms with Gasteiger partial charge >= 0.3 is 0 Å². The molecule has 2 atom stereocenters. The Bertz CT molecular complexity index is 375. The lowest BCUT2D eigenvalue weighted by atomic mass is 9.70. The summed E-state index contributed by atoms with van der Waals surface area (Å²) in [6.07, 6.45) is 8.74. The molecule has 2 aliphatic carbocycles. The molecule has 2 saturated carbocycles. The minimum atomic E-state index is -0.363. The van der Waals surface area contributed by atoms with Crippen molar-refractivity contribution < 1.29 is 14.6 Å². The molecule has 1 amide bonds. The van der Waals surface area contributed by atoms with E-state index in [4.69, 9.17) is 4.74 Å². The van der Waals surface area contributed by atoms with Gasteiger partial charge < -0.3 is 15.2 Å². The van der Waals surface area contributed by atoms with Crippen molar-refractivity contribution in [3.63, 3.8) is 0 Å². The van der Waals surface area contributed by atoms with Crippen LogP contribution in [0.4, 0.5) is 0 Å². The van der Waals surface area contributed by atoms with Gasteiger partial charge in [0.2, 0.25) is 5.91 Å². The van der Waals surface area contributed by atoms with Crippen molar-refractivity contribution in [1.29, 1.82) is 0 Å². The van der Waals surface area contributed by atoms with Crippen LogP contribution in [0.5, 0.6) is 0 Å². The number of rotatable bonds is 6. The van der Waals surface area contributed by atoms with Gasteiger partial charge in [0.05, 0.1) is 18.8 Å². The number of hydrogen-bond donors (Lipinski definition) is 2. The number of ether oxygens (including phenoxy) is 1. The monoisotopic (exact) mass is 325 g/mol. The lowest BCUT2D eigenvalue weighted by Gasteiger charge is -2.37. The molecule has 2 N–H and O–H groups in total. The van der Waals surface area contributed by atoms with Crippen molar-refractivity contribution in [3.8, 4) is 0 Å². The van der Waals surface area contributed by atoms with Crippen LogP contribution in [-0.4, -0.2) is 36.4 Å². The fraction of sp³-hybridized carbons (Fsp3) is 0.947. The highest BCUT2D eigenvalue weighted by Gasteiger charge is 2.38. The first-order chi connectivity index (χ1) is 10.9. The molecule has 0 spiro atoms. The van der Waals surface area contributed by atoms with Crippen LogP contribution in [0.3, 0.4) is 0 Å². The van der Waals surface area contributed by atoms with Gasteiger partial charge in [-0.1, -0.05) is 33.6 Å². The Morgan fingerprint density at radius 1 is 1.13 bits per heavy atom. The third kappa shape index (κ3) is 5.18. The van der Waals surface area contributed by atoms with E-state index in [9.17, 15) is 9.90 Å². The van der Waals surface area contributed by atoms with E-state index < -0.39 is 0 Å². The predicted octanol–water partition coefficient (Wildman–Crippen LogP) is 3.28. The standard InChI is InChI=1S/C19H35NO3/c1-14-6-4-5-7-17(14)23-13-12-20-18(22)19(2,3)15-8-10-16(21)11-9-15/h14-17,21H,4-13H2,1-3H3,(H,20,22)/t14-,15?,16?,17-/m0/s1. The molecule has 0 aliphatic heterocycles. The Labute approximate surface area is 141 Å². The van der Waals surface area contributed by atoms with Crippen molar-refractivity contribution >= 4 is 5.91 Å². The van der Waals surface area contributed by atoms with Crippen LogP contribution in [0, 0.1) is 17.3 Å². The highest BCUT2D eigenvalue weighted by molar-refractivity contribution is 5.82. The first-order valence-electron chi connectivity index (χ1n) is 9.49. The Balaban J connectivity index is 1.69. The fourth-order valence-electron chi connectivity index (χ4n) is 4.12. The van der Waals surface area contributed by atoms with Gasteiger partial charge in [-0.3, -0.25) is 4.79 Å². The van der Waals surface area contributed by atoms with Gasteiger partial charge in [-0.25, -0.2) is 0 Å². The van der Waals surface area contributed by atoms with Crippen LogP contribution in [0.1, 0.15) is 72.1 Å². The molecule has 134 valence electrons. The van der Waals surface area contributed by atoms with E-state index in [-0.39, 0.29) is 17.4 Å². The molecule has 23 heavy (non-hydrogen) atoms. The number of aliphatic hydroxyl groups is 1. The van der Waals surface area contributed by atoms with Gasteiger partial charge in [0.25, 0.3) is 0 Å². The van der Waals surface area contributed by atoms with Gasteiger partial charge in [0.15, 0.2) is 0 Å². The zero-order valence-electron chi connectivity index (χ0n) is 15.1. The molecule has 0 aromatic rings.